The molecule has 2 rings (SSSR count). The Morgan fingerprint density at radius 2 is 1.91 bits per heavy atom. The molecule has 0 spiro atoms. The number of furan rings is 1. The molecule has 0 radical (unpaired) electrons. The molecule has 124 valence electrons. The number of sulfone groups is 1. The Balaban J connectivity index is 2.00. The van der Waals surface area contributed by atoms with Crippen LogP contribution in [-0.2, 0) is 9.84 Å². The van der Waals surface area contributed by atoms with Gasteiger partial charge in [-0.15, -0.1) is 0 Å². The number of nitrogens with zero attached hydrogens (tertiary/aromatic N) is 1. The zero-order chi connectivity index (χ0) is 16.5. The van der Waals surface area contributed by atoms with Crippen LogP contribution >= 0.6 is 0 Å². The number of carbonyl (C=O) groups excluding carboxylic acids is 1. The molecule has 0 aliphatic carbocycles. The third-order valence-corrected chi connectivity index (χ3v) is 6.69. The van der Waals surface area contributed by atoms with E-state index in [0.717, 1.165) is 5.76 Å². The highest BCUT2D eigenvalue weighted by molar-refractivity contribution is 7.92. The van der Waals surface area contributed by atoms with Crippen LogP contribution in [0.5, 0.6) is 0 Å². The standard InChI is InChI=1S/C16H25NO4S/c1-11(2)10-22(19,20)14-5-7-17(8-6-14)16(18)15-9-12(3)21-13(15)4/h9,11,14H,5-8,10H2,1-4H3. The molecule has 0 atom stereocenters. The monoisotopic (exact) mass is 327 g/mol. The summed E-state index contributed by atoms with van der Waals surface area (Å²) in [6.45, 7) is 8.41. The second-order valence-electron chi connectivity index (χ2n) is 6.54. The van der Waals surface area contributed by atoms with Crippen LogP contribution in [0, 0.1) is 19.8 Å². The fourth-order valence-electron chi connectivity index (χ4n) is 3.03. The zero-order valence-electron chi connectivity index (χ0n) is 13.8. The van der Waals surface area contributed by atoms with Gasteiger partial charge in [0.25, 0.3) is 5.91 Å². The maximum absolute atomic E-state index is 12.5. The molecule has 0 N–H and O–H groups in total. The lowest BCUT2D eigenvalue weighted by atomic mass is 10.1. The van der Waals surface area contributed by atoms with Crippen molar-refractivity contribution in [2.75, 3.05) is 18.8 Å². The van der Waals surface area contributed by atoms with E-state index in [4.69, 9.17) is 4.42 Å². The number of rotatable bonds is 4. The van der Waals surface area contributed by atoms with Crippen molar-refractivity contribution in [3.8, 4) is 0 Å². The first-order valence-electron chi connectivity index (χ1n) is 7.78. The summed E-state index contributed by atoms with van der Waals surface area (Å²) in [7, 11) is -3.06. The molecule has 1 saturated heterocycles. The van der Waals surface area contributed by atoms with Crippen LogP contribution in [0.3, 0.4) is 0 Å². The molecular weight excluding hydrogens is 302 g/mol. The number of likely N-dealkylation sites (tertiary alicyclic amines) is 1. The Labute approximate surface area is 132 Å². The van der Waals surface area contributed by atoms with Gasteiger partial charge in [0.2, 0.25) is 0 Å². The van der Waals surface area contributed by atoms with Crippen molar-refractivity contribution in [2.45, 2.75) is 45.8 Å². The Hall–Kier alpha value is -1.30. The van der Waals surface area contributed by atoms with Gasteiger partial charge in [0.15, 0.2) is 9.84 Å². The summed E-state index contributed by atoms with van der Waals surface area (Å²) in [4.78, 5) is 14.2. The van der Waals surface area contributed by atoms with Crippen molar-refractivity contribution in [3.63, 3.8) is 0 Å². The largest absolute Gasteiger partial charge is 0.466 e. The molecule has 0 saturated carbocycles. The number of aryl methyl sites for hydroxylation is 2. The fourth-order valence-corrected chi connectivity index (χ4v) is 5.16. The van der Waals surface area contributed by atoms with E-state index in [1.54, 1.807) is 17.9 Å². The van der Waals surface area contributed by atoms with Gasteiger partial charge in [-0.3, -0.25) is 4.79 Å². The average Bonchev–Trinajstić information content (AvgIpc) is 2.75. The minimum absolute atomic E-state index is 0.0611. The number of hydrogen-bond donors (Lipinski definition) is 0. The van der Waals surface area contributed by atoms with Gasteiger partial charge in [-0.2, -0.15) is 0 Å². The van der Waals surface area contributed by atoms with Crippen LogP contribution in [0.2, 0.25) is 0 Å². The quantitative estimate of drug-likeness (QED) is 0.852. The smallest absolute Gasteiger partial charge is 0.257 e. The average molecular weight is 327 g/mol. The van der Waals surface area contributed by atoms with Gasteiger partial charge in [-0.05, 0) is 38.7 Å². The van der Waals surface area contributed by atoms with Gasteiger partial charge in [0.1, 0.15) is 11.5 Å². The number of amides is 1. The maximum Gasteiger partial charge on any atom is 0.257 e. The first kappa shape index (κ1) is 17.1. The van der Waals surface area contributed by atoms with Gasteiger partial charge in [-0.25, -0.2) is 8.42 Å². The lowest BCUT2D eigenvalue weighted by Crippen LogP contribution is -2.43. The van der Waals surface area contributed by atoms with Crippen LogP contribution in [0.1, 0.15) is 48.6 Å². The van der Waals surface area contributed by atoms with Crippen LogP contribution in [0.15, 0.2) is 10.5 Å². The Morgan fingerprint density at radius 1 is 1.32 bits per heavy atom. The van der Waals surface area contributed by atoms with Gasteiger partial charge in [0.05, 0.1) is 16.6 Å². The van der Waals surface area contributed by atoms with Crippen LogP contribution in [0.25, 0.3) is 0 Å². The van der Waals surface area contributed by atoms with Crippen LogP contribution < -0.4 is 0 Å². The summed E-state index contributed by atoms with van der Waals surface area (Å²) in [5, 5.41) is -0.314. The summed E-state index contributed by atoms with van der Waals surface area (Å²) in [6, 6.07) is 1.75. The van der Waals surface area contributed by atoms with Crippen molar-refractivity contribution in [1.82, 2.24) is 4.90 Å². The lowest BCUT2D eigenvalue weighted by Gasteiger charge is -2.32. The van der Waals surface area contributed by atoms with Crippen molar-refractivity contribution in [3.05, 3.63) is 23.2 Å². The summed E-state index contributed by atoms with van der Waals surface area (Å²) >= 11 is 0. The molecule has 5 nitrogen and oxygen atoms in total. The minimum Gasteiger partial charge on any atom is -0.466 e. The molecule has 1 aromatic heterocycles. The molecule has 0 unspecified atom stereocenters. The van der Waals surface area contributed by atoms with E-state index in [9.17, 15) is 13.2 Å². The molecule has 0 aromatic carbocycles. The number of piperidine rings is 1. The molecule has 22 heavy (non-hydrogen) atoms. The van der Waals surface area contributed by atoms with E-state index in [1.807, 2.05) is 20.8 Å². The third-order valence-electron chi connectivity index (χ3n) is 4.07. The van der Waals surface area contributed by atoms with Crippen LogP contribution in [0.4, 0.5) is 0 Å². The SMILES string of the molecule is Cc1cc(C(=O)N2CCC(S(=O)(=O)CC(C)C)CC2)c(C)o1. The Kier molecular flexibility index (Phi) is 5.00. The normalized spacial score (nSPS) is 17.2. The van der Waals surface area contributed by atoms with Crippen molar-refractivity contribution in [1.29, 1.82) is 0 Å². The molecule has 1 amide bonds. The topological polar surface area (TPSA) is 67.6 Å². The molecule has 1 aliphatic heterocycles. The number of hydrogen-bond acceptors (Lipinski definition) is 4. The Morgan fingerprint density at radius 3 is 2.36 bits per heavy atom. The molecule has 1 aliphatic rings. The molecule has 1 aromatic rings. The van der Waals surface area contributed by atoms with Gasteiger partial charge in [-0.1, -0.05) is 13.8 Å². The summed E-state index contributed by atoms with van der Waals surface area (Å²) in [5.74, 6) is 1.65. The molecular formula is C16H25NO4S. The maximum atomic E-state index is 12.5. The highest BCUT2D eigenvalue weighted by Crippen LogP contribution is 2.23. The van der Waals surface area contributed by atoms with E-state index in [1.165, 1.54) is 0 Å². The first-order chi connectivity index (χ1) is 10.2. The second-order valence-corrected chi connectivity index (χ2v) is 8.87. The van der Waals surface area contributed by atoms with Crippen molar-refractivity contribution < 1.29 is 17.6 Å². The summed E-state index contributed by atoms with van der Waals surface area (Å²) in [6.07, 6.45) is 1.05. The molecule has 1 fully saturated rings. The lowest BCUT2D eigenvalue weighted by molar-refractivity contribution is 0.0724. The molecule has 6 heteroatoms. The van der Waals surface area contributed by atoms with E-state index in [0.29, 0.717) is 37.3 Å². The minimum atomic E-state index is -3.06. The predicted octanol–water partition coefficient (Wildman–Crippen LogP) is 2.57. The fraction of sp³-hybridized carbons (Fsp3) is 0.688. The van der Waals surface area contributed by atoms with Crippen LogP contribution in [-0.4, -0.2) is 43.3 Å². The van der Waals surface area contributed by atoms with Crippen molar-refractivity contribution in [2.24, 2.45) is 5.92 Å². The van der Waals surface area contributed by atoms with E-state index in [2.05, 4.69) is 0 Å². The Bertz CT molecular complexity index is 637. The van der Waals surface area contributed by atoms with E-state index >= 15 is 0 Å². The first-order valence-corrected chi connectivity index (χ1v) is 9.50. The van der Waals surface area contributed by atoms with Gasteiger partial charge < -0.3 is 9.32 Å². The van der Waals surface area contributed by atoms with Gasteiger partial charge in [0, 0.05) is 13.1 Å². The number of carbonyl (C=O) groups is 1. The third kappa shape index (κ3) is 3.72. The molecule has 2 heterocycles. The second kappa shape index (κ2) is 6.44. The highest BCUT2D eigenvalue weighted by Gasteiger charge is 2.32. The zero-order valence-corrected chi connectivity index (χ0v) is 14.6. The van der Waals surface area contributed by atoms with E-state index < -0.39 is 9.84 Å². The predicted molar refractivity (Wildman–Crippen MR) is 85.7 cm³/mol. The molecule has 0 bridgehead atoms. The summed E-state index contributed by atoms with van der Waals surface area (Å²) < 4.78 is 30.0. The van der Waals surface area contributed by atoms with Crippen molar-refractivity contribution >= 4 is 15.7 Å². The highest BCUT2D eigenvalue weighted by atomic mass is 32.2. The van der Waals surface area contributed by atoms with E-state index in [-0.39, 0.29) is 22.8 Å². The summed E-state index contributed by atoms with van der Waals surface area (Å²) in [5.41, 5.74) is 0.584. The van der Waals surface area contributed by atoms with Gasteiger partial charge >= 0.3 is 0 Å².